The summed E-state index contributed by atoms with van der Waals surface area (Å²) in [6.07, 6.45) is 0. The van der Waals surface area contributed by atoms with Crippen molar-refractivity contribution in [2.75, 3.05) is 0 Å². The average Bonchev–Trinajstić information content (AvgIpc) is 3.94. The standard InChI is InChI=1S/C54H34N2S/c1-3-13-35(14-4-1)39-29-40(38-23-26-46-45-19-9-12-22-53(45)57-54(46)34-38)31-42(30-39)56-50-21-11-8-18-44(50)48-33-37(25-28-52(48)56)36-24-27-51-47(32-36)43-17-7-10-20-49(43)55(51)41-15-5-2-6-16-41/h1-34H. The Morgan fingerprint density at radius 2 is 0.719 bits per heavy atom. The van der Waals surface area contributed by atoms with Crippen LogP contribution in [0.1, 0.15) is 0 Å². The molecule has 57 heavy (non-hydrogen) atoms. The molecule has 12 rings (SSSR count). The molecule has 12 aromatic rings. The summed E-state index contributed by atoms with van der Waals surface area (Å²) >= 11 is 1.87. The predicted molar refractivity (Wildman–Crippen MR) is 244 cm³/mol. The van der Waals surface area contributed by atoms with Crippen molar-refractivity contribution in [3.63, 3.8) is 0 Å². The van der Waals surface area contributed by atoms with Crippen LogP contribution in [0.4, 0.5) is 0 Å². The fraction of sp³-hybridized carbons (Fsp3) is 0. The van der Waals surface area contributed by atoms with Gasteiger partial charge in [-0.2, -0.15) is 0 Å². The van der Waals surface area contributed by atoms with Gasteiger partial charge in [0.15, 0.2) is 0 Å². The minimum atomic E-state index is 1.15. The van der Waals surface area contributed by atoms with Gasteiger partial charge in [0, 0.05) is 53.1 Å². The third-order valence-electron chi connectivity index (χ3n) is 11.7. The highest BCUT2D eigenvalue weighted by molar-refractivity contribution is 7.25. The van der Waals surface area contributed by atoms with Crippen molar-refractivity contribution in [2.24, 2.45) is 0 Å². The molecule has 0 saturated carbocycles. The lowest BCUT2D eigenvalue weighted by Crippen LogP contribution is -1.96. The molecule has 0 aliphatic heterocycles. The maximum atomic E-state index is 2.46. The zero-order valence-corrected chi connectivity index (χ0v) is 31.7. The molecule has 0 amide bonds. The summed E-state index contributed by atoms with van der Waals surface area (Å²) in [6.45, 7) is 0. The fourth-order valence-corrected chi connectivity index (χ4v) is 10.2. The quantitative estimate of drug-likeness (QED) is 0.166. The van der Waals surface area contributed by atoms with Crippen LogP contribution in [-0.2, 0) is 0 Å². The van der Waals surface area contributed by atoms with Crippen LogP contribution in [0.2, 0.25) is 0 Å². The van der Waals surface area contributed by atoms with Gasteiger partial charge in [0.1, 0.15) is 0 Å². The van der Waals surface area contributed by atoms with Gasteiger partial charge in [-0.15, -0.1) is 11.3 Å². The van der Waals surface area contributed by atoms with Gasteiger partial charge in [0.05, 0.1) is 22.1 Å². The van der Waals surface area contributed by atoms with Crippen molar-refractivity contribution in [1.29, 1.82) is 0 Å². The molecule has 0 saturated heterocycles. The summed E-state index contributed by atoms with van der Waals surface area (Å²) in [7, 11) is 0. The molecule has 0 aliphatic rings. The molecule has 3 heteroatoms. The highest BCUT2D eigenvalue weighted by Gasteiger charge is 2.18. The second-order valence-electron chi connectivity index (χ2n) is 14.9. The Morgan fingerprint density at radius 1 is 0.246 bits per heavy atom. The van der Waals surface area contributed by atoms with Gasteiger partial charge in [0.25, 0.3) is 0 Å². The van der Waals surface area contributed by atoms with E-state index in [2.05, 4.69) is 215 Å². The van der Waals surface area contributed by atoms with Crippen LogP contribution in [-0.4, -0.2) is 9.13 Å². The first-order valence-electron chi connectivity index (χ1n) is 19.5. The lowest BCUT2D eigenvalue weighted by atomic mass is 9.97. The van der Waals surface area contributed by atoms with E-state index in [1.807, 2.05) is 11.3 Å². The molecule has 9 aromatic carbocycles. The summed E-state index contributed by atoms with van der Waals surface area (Å²) in [5, 5.41) is 7.65. The highest BCUT2D eigenvalue weighted by Crippen LogP contribution is 2.41. The van der Waals surface area contributed by atoms with E-state index in [9.17, 15) is 0 Å². The third kappa shape index (κ3) is 5.10. The van der Waals surface area contributed by atoms with Gasteiger partial charge in [-0.3, -0.25) is 0 Å². The number of hydrogen-bond donors (Lipinski definition) is 0. The number of fused-ring (bicyclic) bond motifs is 9. The molecule has 0 bridgehead atoms. The molecule has 0 unspecified atom stereocenters. The van der Waals surface area contributed by atoms with Crippen molar-refractivity contribution in [1.82, 2.24) is 9.13 Å². The molecular weight excluding hydrogens is 709 g/mol. The summed E-state index contributed by atoms with van der Waals surface area (Å²) in [5.74, 6) is 0. The Labute approximate surface area is 333 Å². The van der Waals surface area contributed by atoms with Crippen molar-refractivity contribution in [3.05, 3.63) is 206 Å². The van der Waals surface area contributed by atoms with E-state index in [1.54, 1.807) is 0 Å². The Balaban J connectivity index is 1.04. The van der Waals surface area contributed by atoms with E-state index in [4.69, 9.17) is 0 Å². The van der Waals surface area contributed by atoms with Gasteiger partial charge < -0.3 is 9.13 Å². The molecule has 266 valence electrons. The van der Waals surface area contributed by atoms with Crippen LogP contribution in [0.3, 0.4) is 0 Å². The van der Waals surface area contributed by atoms with Crippen LogP contribution in [0.5, 0.6) is 0 Å². The van der Waals surface area contributed by atoms with E-state index < -0.39 is 0 Å². The van der Waals surface area contributed by atoms with E-state index >= 15 is 0 Å². The minimum absolute atomic E-state index is 1.15. The minimum Gasteiger partial charge on any atom is -0.309 e. The first kappa shape index (κ1) is 32.1. The van der Waals surface area contributed by atoms with Gasteiger partial charge in [-0.25, -0.2) is 0 Å². The Bertz CT molecular complexity index is 3510. The Kier molecular flexibility index (Phi) is 7.13. The van der Waals surface area contributed by atoms with Gasteiger partial charge >= 0.3 is 0 Å². The Morgan fingerprint density at radius 3 is 1.39 bits per heavy atom. The molecule has 2 nitrogen and oxygen atoms in total. The first-order chi connectivity index (χ1) is 28.2. The van der Waals surface area contributed by atoms with E-state index in [-0.39, 0.29) is 0 Å². The van der Waals surface area contributed by atoms with Crippen molar-refractivity contribution in [3.8, 4) is 44.8 Å². The second kappa shape index (κ2) is 12.7. The van der Waals surface area contributed by atoms with Crippen LogP contribution < -0.4 is 0 Å². The van der Waals surface area contributed by atoms with Gasteiger partial charge in [0.2, 0.25) is 0 Å². The maximum Gasteiger partial charge on any atom is 0.0541 e. The lowest BCUT2D eigenvalue weighted by Gasteiger charge is -2.14. The molecule has 3 aromatic heterocycles. The van der Waals surface area contributed by atoms with E-state index in [0.29, 0.717) is 0 Å². The summed E-state index contributed by atoms with van der Waals surface area (Å²) in [6, 6.07) is 75.8. The lowest BCUT2D eigenvalue weighted by molar-refractivity contribution is 1.18. The number of aromatic nitrogens is 2. The monoisotopic (exact) mass is 742 g/mol. The summed E-state index contributed by atoms with van der Waals surface area (Å²) < 4.78 is 7.47. The molecular formula is C54H34N2S. The zero-order valence-electron chi connectivity index (χ0n) is 30.9. The number of benzene rings is 9. The maximum absolute atomic E-state index is 2.46. The normalized spacial score (nSPS) is 11.9. The Hall–Kier alpha value is -7.20. The molecule has 0 atom stereocenters. The summed E-state index contributed by atoms with van der Waals surface area (Å²) in [5.41, 5.74) is 14.4. The van der Waals surface area contributed by atoms with Crippen LogP contribution in [0.25, 0.3) is 109 Å². The summed E-state index contributed by atoms with van der Waals surface area (Å²) in [4.78, 5) is 0. The number of hydrogen-bond acceptors (Lipinski definition) is 1. The average molecular weight is 743 g/mol. The number of rotatable bonds is 5. The van der Waals surface area contributed by atoms with Crippen molar-refractivity contribution in [2.45, 2.75) is 0 Å². The van der Waals surface area contributed by atoms with Crippen LogP contribution in [0, 0.1) is 0 Å². The topological polar surface area (TPSA) is 9.86 Å². The molecule has 0 radical (unpaired) electrons. The van der Waals surface area contributed by atoms with Crippen molar-refractivity contribution >= 4 is 75.1 Å². The van der Waals surface area contributed by atoms with Crippen LogP contribution >= 0.6 is 11.3 Å². The molecule has 0 N–H and O–H groups in total. The number of nitrogens with zero attached hydrogens (tertiary/aromatic N) is 2. The molecule has 0 spiro atoms. The number of thiophene rings is 1. The number of para-hydroxylation sites is 3. The first-order valence-corrected chi connectivity index (χ1v) is 20.3. The van der Waals surface area contributed by atoms with Gasteiger partial charge in [-0.1, -0.05) is 127 Å². The van der Waals surface area contributed by atoms with E-state index in [1.165, 1.54) is 103 Å². The van der Waals surface area contributed by atoms with Crippen LogP contribution in [0.15, 0.2) is 206 Å². The van der Waals surface area contributed by atoms with E-state index in [0.717, 1.165) is 5.69 Å². The zero-order chi connectivity index (χ0) is 37.5. The van der Waals surface area contributed by atoms with Gasteiger partial charge in [-0.05, 0) is 112 Å². The molecule has 0 fully saturated rings. The molecule has 0 aliphatic carbocycles. The third-order valence-corrected chi connectivity index (χ3v) is 12.8. The highest BCUT2D eigenvalue weighted by atomic mass is 32.1. The molecule has 3 heterocycles. The second-order valence-corrected chi connectivity index (χ2v) is 16.0. The predicted octanol–water partition coefficient (Wildman–Crippen LogP) is 15.2. The fourth-order valence-electron chi connectivity index (χ4n) is 9.05. The van der Waals surface area contributed by atoms with Crippen molar-refractivity contribution < 1.29 is 0 Å². The smallest absolute Gasteiger partial charge is 0.0541 e. The largest absolute Gasteiger partial charge is 0.309 e. The SMILES string of the molecule is c1ccc(-c2cc(-c3ccc4c(c3)sc3ccccc34)cc(-n3c4ccccc4c4cc(-c5ccc6c(c5)c5ccccc5n6-c5ccccc5)ccc43)c2)cc1.